The molecule has 88 valence electrons. The van der Waals surface area contributed by atoms with E-state index >= 15 is 0 Å². The van der Waals surface area contributed by atoms with E-state index in [0.29, 0.717) is 5.41 Å². The molecule has 1 atom stereocenters. The van der Waals surface area contributed by atoms with Crippen LogP contribution in [0.4, 0.5) is 0 Å². The summed E-state index contributed by atoms with van der Waals surface area (Å²) in [6, 6.07) is 0. The van der Waals surface area contributed by atoms with Crippen LogP contribution in [0.3, 0.4) is 0 Å². The van der Waals surface area contributed by atoms with Crippen LogP contribution in [-0.4, -0.2) is 0 Å². The molecule has 0 aromatic rings. The fraction of sp³-hybridized carbons (Fsp3) is 0.733. The molecular formula is C15H28. The number of rotatable bonds is 6. The molecular weight excluding hydrogens is 180 g/mol. The van der Waals surface area contributed by atoms with Gasteiger partial charge in [-0.05, 0) is 51.9 Å². The molecule has 0 aliphatic carbocycles. The van der Waals surface area contributed by atoms with Gasteiger partial charge in [-0.25, -0.2) is 0 Å². The Morgan fingerprint density at radius 1 is 1.07 bits per heavy atom. The summed E-state index contributed by atoms with van der Waals surface area (Å²) < 4.78 is 0. The third-order valence-corrected chi connectivity index (χ3v) is 3.49. The van der Waals surface area contributed by atoms with Gasteiger partial charge in [-0.2, -0.15) is 0 Å². The van der Waals surface area contributed by atoms with Crippen LogP contribution in [0.25, 0.3) is 0 Å². The first-order valence-electron chi connectivity index (χ1n) is 6.27. The zero-order chi connectivity index (χ0) is 11.9. The Hall–Kier alpha value is -0.520. The Bertz CT molecular complexity index is 228. The zero-order valence-corrected chi connectivity index (χ0v) is 11.5. The molecule has 0 aromatic carbocycles. The molecule has 0 rings (SSSR count). The molecule has 15 heavy (non-hydrogen) atoms. The van der Waals surface area contributed by atoms with Crippen molar-refractivity contribution in [2.24, 2.45) is 5.41 Å². The summed E-state index contributed by atoms with van der Waals surface area (Å²) in [5.74, 6) is 0. The molecule has 0 N–H and O–H groups in total. The van der Waals surface area contributed by atoms with Crippen molar-refractivity contribution in [3.8, 4) is 0 Å². The summed E-state index contributed by atoms with van der Waals surface area (Å²) in [6.07, 6.45) is 9.62. The van der Waals surface area contributed by atoms with Gasteiger partial charge in [-0.1, -0.05) is 44.1 Å². The number of hydrogen-bond donors (Lipinski definition) is 0. The van der Waals surface area contributed by atoms with E-state index in [1.807, 2.05) is 0 Å². The lowest BCUT2D eigenvalue weighted by molar-refractivity contribution is 0.352. The molecule has 0 radical (unpaired) electrons. The van der Waals surface area contributed by atoms with Gasteiger partial charge in [0.25, 0.3) is 0 Å². The van der Waals surface area contributed by atoms with Gasteiger partial charge in [-0.3, -0.25) is 0 Å². The zero-order valence-electron chi connectivity index (χ0n) is 11.5. The monoisotopic (exact) mass is 208 g/mol. The largest absolute Gasteiger partial charge is 0.0859 e. The van der Waals surface area contributed by atoms with Crippen LogP contribution < -0.4 is 0 Å². The second-order valence-electron chi connectivity index (χ2n) is 5.03. The number of hydrogen-bond acceptors (Lipinski definition) is 0. The molecule has 1 unspecified atom stereocenters. The number of allylic oxidation sites excluding steroid dienone is 4. The topological polar surface area (TPSA) is 0 Å². The average molecular weight is 208 g/mol. The fourth-order valence-electron chi connectivity index (χ4n) is 1.88. The van der Waals surface area contributed by atoms with Gasteiger partial charge in [-0.15, -0.1) is 0 Å². The summed E-state index contributed by atoms with van der Waals surface area (Å²) in [4.78, 5) is 0. The van der Waals surface area contributed by atoms with Crippen molar-refractivity contribution in [2.45, 2.75) is 67.2 Å². The van der Waals surface area contributed by atoms with Gasteiger partial charge in [0.15, 0.2) is 0 Å². The Morgan fingerprint density at radius 2 is 1.67 bits per heavy atom. The summed E-state index contributed by atoms with van der Waals surface area (Å²) in [5, 5.41) is 0. The quantitative estimate of drug-likeness (QED) is 0.505. The van der Waals surface area contributed by atoms with Gasteiger partial charge in [0.05, 0.1) is 0 Å². The molecule has 0 saturated heterocycles. The van der Waals surface area contributed by atoms with Crippen LogP contribution in [0, 0.1) is 5.41 Å². The first-order valence-corrected chi connectivity index (χ1v) is 6.27. The lowest BCUT2D eigenvalue weighted by atomic mass is 9.76. The minimum atomic E-state index is 0.405. The SMILES string of the molecule is CC/C=C(\C)C(C)(CC)CCC=C(C)C. The lowest BCUT2D eigenvalue weighted by Gasteiger charge is -2.29. The second-order valence-corrected chi connectivity index (χ2v) is 5.03. The third-order valence-electron chi connectivity index (χ3n) is 3.49. The maximum atomic E-state index is 2.40. The standard InChI is InChI=1S/C15H28/c1-7-10-14(5)15(6,8-2)12-9-11-13(3)4/h10-11H,7-9,12H2,1-6H3/b14-10+. The molecule has 0 heteroatoms. The Labute approximate surface area is 96.5 Å². The maximum Gasteiger partial charge on any atom is -0.0119 e. The fourth-order valence-corrected chi connectivity index (χ4v) is 1.88. The molecule has 0 aliphatic heterocycles. The first-order chi connectivity index (χ1) is 6.96. The van der Waals surface area contributed by atoms with E-state index in [0.717, 1.165) is 6.42 Å². The van der Waals surface area contributed by atoms with Gasteiger partial charge in [0.2, 0.25) is 0 Å². The summed E-state index contributed by atoms with van der Waals surface area (Å²) in [7, 11) is 0. The Morgan fingerprint density at radius 3 is 2.07 bits per heavy atom. The van der Waals surface area contributed by atoms with E-state index < -0.39 is 0 Å². The molecule has 0 amide bonds. The Kier molecular flexibility index (Phi) is 6.63. The van der Waals surface area contributed by atoms with E-state index in [-0.39, 0.29) is 0 Å². The Balaban J connectivity index is 4.44. The molecule has 0 aromatic heterocycles. The summed E-state index contributed by atoms with van der Waals surface area (Å²) in [6.45, 7) is 13.6. The maximum absolute atomic E-state index is 2.40. The second kappa shape index (κ2) is 6.87. The van der Waals surface area contributed by atoms with Crippen LogP contribution >= 0.6 is 0 Å². The van der Waals surface area contributed by atoms with Crippen molar-refractivity contribution in [3.05, 3.63) is 23.3 Å². The predicted molar refractivity (Wildman–Crippen MR) is 71.1 cm³/mol. The molecule has 0 spiro atoms. The predicted octanol–water partition coefficient (Wildman–Crippen LogP) is 5.51. The molecule has 0 fully saturated rings. The summed E-state index contributed by atoms with van der Waals surface area (Å²) in [5.41, 5.74) is 3.40. The van der Waals surface area contributed by atoms with Crippen molar-refractivity contribution in [1.82, 2.24) is 0 Å². The smallest absolute Gasteiger partial charge is 0.0119 e. The molecule has 0 aliphatic rings. The lowest BCUT2D eigenvalue weighted by Crippen LogP contribution is -2.16. The molecule has 0 heterocycles. The van der Waals surface area contributed by atoms with Gasteiger partial charge in [0.1, 0.15) is 0 Å². The van der Waals surface area contributed by atoms with Gasteiger partial charge < -0.3 is 0 Å². The van der Waals surface area contributed by atoms with Gasteiger partial charge >= 0.3 is 0 Å². The summed E-state index contributed by atoms with van der Waals surface area (Å²) >= 11 is 0. The highest BCUT2D eigenvalue weighted by Gasteiger charge is 2.22. The highest BCUT2D eigenvalue weighted by atomic mass is 14.3. The highest BCUT2D eigenvalue weighted by Crippen LogP contribution is 2.36. The van der Waals surface area contributed by atoms with Crippen molar-refractivity contribution < 1.29 is 0 Å². The minimum absolute atomic E-state index is 0.405. The van der Waals surface area contributed by atoms with E-state index in [4.69, 9.17) is 0 Å². The molecule has 0 saturated carbocycles. The van der Waals surface area contributed by atoms with Crippen molar-refractivity contribution >= 4 is 0 Å². The van der Waals surface area contributed by atoms with E-state index in [2.05, 4.69) is 53.7 Å². The van der Waals surface area contributed by atoms with Crippen LogP contribution in [-0.2, 0) is 0 Å². The highest BCUT2D eigenvalue weighted by molar-refractivity contribution is 5.11. The van der Waals surface area contributed by atoms with Crippen LogP contribution in [0.5, 0.6) is 0 Å². The van der Waals surface area contributed by atoms with Crippen molar-refractivity contribution in [2.75, 3.05) is 0 Å². The average Bonchev–Trinajstić information content (AvgIpc) is 2.17. The van der Waals surface area contributed by atoms with Gasteiger partial charge in [0, 0.05) is 0 Å². The van der Waals surface area contributed by atoms with Crippen LogP contribution in [0.1, 0.15) is 67.2 Å². The van der Waals surface area contributed by atoms with Crippen molar-refractivity contribution in [1.29, 1.82) is 0 Å². The first kappa shape index (κ1) is 14.5. The molecule has 0 bridgehead atoms. The van der Waals surface area contributed by atoms with E-state index in [9.17, 15) is 0 Å². The van der Waals surface area contributed by atoms with Crippen LogP contribution in [0.15, 0.2) is 23.3 Å². The van der Waals surface area contributed by atoms with E-state index in [1.54, 1.807) is 5.57 Å². The van der Waals surface area contributed by atoms with Crippen molar-refractivity contribution in [3.63, 3.8) is 0 Å². The third kappa shape index (κ3) is 5.20. The van der Waals surface area contributed by atoms with Crippen LogP contribution in [0.2, 0.25) is 0 Å². The van der Waals surface area contributed by atoms with E-state index in [1.165, 1.54) is 24.8 Å². The normalized spacial score (nSPS) is 16.0. The minimum Gasteiger partial charge on any atom is -0.0859 e. The molecule has 0 nitrogen and oxygen atoms in total.